The molecular formula is C18H21Cl2N3O2. The van der Waals surface area contributed by atoms with Gasteiger partial charge in [0.05, 0.1) is 22.1 Å². The Bertz CT molecular complexity index is 784. The van der Waals surface area contributed by atoms with Crippen molar-refractivity contribution < 1.29 is 9.90 Å². The van der Waals surface area contributed by atoms with E-state index in [4.69, 9.17) is 33.3 Å². The normalized spacial score (nSPS) is 18.6. The van der Waals surface area contributed by atoms with Crippen molar-refractivity contribution in [3.63, 3.8) is 0 Å². The quantitative estimate of drug-likeness (QED) is 0.869. The van der Waals surface area contributed by atoms with Crippen LogP contribution in [0.15, 0.2) is 24.3 Å². The smallest absolute Gasteiger partial charge is 0.317 e. The third kappa shape index (κ3) is 4.17. The molecule has 1 saturated heterocycles. The number of pyridine rings is 1. The number of carboxylic acid groups (broad SMARTS) is 1. The lowest BCUT2D eigenvalue weighted by Crippen LogP contribution is -2.36. The Morgan fingerprint density at radius 2 is 2.00 bits per heavy atom. The molecular weight excluding hydrogens is 361 g/mol. The lowest BCUT2D eigenvalue weighted by atomic mass is 10.1. The van der Waals surface area contributed by atoms with Crippen molar-refractivity contribution >= 4 is 45.9 Å². The Morgan fingerprint density at radius 3 is 2.76 bits per heavy atom. The summed E-state index contributed by atoms with van der Waals surface area (Å²) < 4.78 is 0. The Balaban J connectivity index is 1.77. The van der Waals surface area contributed by atoms with E-state index in [9.17, 15) is 4.79 Å². The van der Waals surface area contributed by atoms with E-state index in [-0.39, 0.29) is 12.6 Å². The first-order valence-electron chi connectivity index (χ1n) is 8.37. The number of rotatable bonds is 4. The molecule has 1 aliphatic rings. The second kappa shape index (κ2) is 7.77. The molecule has 1 aliphatic heterocycles. The molecule has 2 heterocycles. The molecule has 1 aromatic carbocycles. The number of hydrogen-bond acceptors (Lipinski definition) is 4. The van der Waals surface area contributed by atoms with Gasteiger partial charge in [0.2, 0.25) is 0 Å². The van der Waals surface area contributed by atoms with Crippen molar-refractivity contribution in [2.45, 2.75) is 25.3 Å². The van der Waals surface area contributed by atoms with Crippen molar-refractivity contribution in [2.24, 2.45) is 0 Å². The Labute approximate surface area is 157 Å². The third-order valence-corrected chi connectivity index (χ3v) is 5.40. The molecule has 0 amide bonds. The van der Waals surface area contributed by atoms with Crippen molar-refractivity contribution in [1.29, 1.82) is 0 Å². The summed E-state index contributed by atoms with van der Waals surface area (Å²) in [6, 6.07) is 7.76. The second-order valence-corrected chi connectivity index (χ2v) is 7.29. The highest BCUT2D eigenvalue weighted by atomic mass is 35.5. The first kappa shape index (κ1) is 18.2. The van der Waals surface area contributed by atoms with Gasteiger partial charge in [-0.15, -0.1) is 0 Å². The number of benzene rings is 1. The van der Waals surface area contributed by atoms with Crippen LogP contribution in [0.2, 0.25) is 10.0 Å². The molecule has 7 heteroatoms. The maximum Gasteiger partial charge on any atom is 0.317 e. The fourth-order valence-electron chi connectivity index (χ4n) is 3.41. The van der Waals surface area contributed by atoms with E-state index in [1.54, 1.807) is 12.1 Å². The number of carboxylic acids is 1. The number of fused-ring (bicyclic) bond motifs is 1. The van der Waals surface area contributed by atoms with E-state index in [0.717, 1.165) is 49.1 Å². The standard InChI is InChI=1S/C18H21Cl2N3O2/c1-22(11-17(24)25)12-3-2-9-23(10-8-12)16-7-4-13-14(19)5-6-15(20)18(13)21-16/h4-7,12H,2-3,8-11H2,1H3,(H,24,25). The monoisotopic (exact) mass is 381 g/mol. The van der Waals surface area contributed by atoms with Gasteiger partial charge in [-0.25, -0.2) is 4.98 Å². The molecule has 134 valence electrons. The highest BCUT2D eigenvalue weighted by Crippen LogP contribution is 2.31. The van der Waals surface area contributed by atoms with E-state index in [2.05, 4.69) is 4.90 Å². The second-order valence-electron chi connectivity index (χ2n) is 6.48. The molecule has 3 rings (SSSR count). The zero-order chi connectivity index (χ0) is 18.0. The number of likely N-dealkylation sites (N-methyl/N-ethyl adjacent to an activating group) is 1. The van der Waals surface area contributed by atoms with Crippen LogP contribution in [0.5, 0.6) is 0 Å². The summed E-state index contributed by atoms with van der Waals surface area (Å²) in [6.45, 7) is 1.81. The topological polar surface area (TPSA) is 56.7 Å². The summed E-state index contributed by atoms with van der Waals surface area (Å²) in [5.74, 6) is 0.101. The molecule has 1 aromatic heterocycles. The summed E-state index contributed by atoms with van der Waals surface area (Å²) in [7, 11) is 1.88. The number of anilines is 1. The lowest BCUT2D eigenvalue weighted by Gasteiger charge is -2.26. The third-order valence-electron chi connectivity index (χ3n) is 4.77. The van der Waals surface area contributed by atoms with E-state index < -0.39 is 5.97 Å². The molecule has 0 spiro atoms. The van der Waals surface area contributed by atoms with Gasteiger partial charge >= 0.3 is 5.97 Å². The predicted molar refractivity (Wildman–Crippen MR) is 102 cm³/mol. The average molecular weight is 382 g/mol. The molecule has 0 saturated carbocycles. The Morgan fingerprint density at radius 1 is 1.24 bits per heavy atom. The number of hydrogen-bond donors (Lipinski definition) is 1. The van der Waals surface area contributed by atoms with Crippen molar-refractivity contribution in [1.82, 2.24) is 9.88 Å². The van der Waals surface area contributed by atoms with Crippen LogP contribution in [-0.4, -0.2) is 53.7 Å². The van der Waals surface area contributed by atoms with Gasteiger partial charge in [-0.05, 0) is 50.6 Å². The minimum absolute atomic E-state index is 0.0764. The van der Waals surface area contributed by atoms with Gasteiger partial charge in [0, 0.05) is 24.5 Å². The van der Waals surface area contributed by atoms with Crippen LogP contribution in [0.25, 0.3) is 10.9 Å². The van der Waals surface area contributed by atoms with Crippen LogP contribution in [0.1, 0.15) is 19.3 Å². The molecule has 1 N–H and O–H groups in total. The van der Waals surface area contributed by atoms with Gasteiger partial charge in [-0.3, -0.25) is 9.69 Å². The van der Waals surface area contributed by atoms with Crippen LogP contribution in [-0.2, 0) is 4.79 Å². The SMILES string of the molecule is CN(CC(=O)O)C1CCCN(c2ccc3c(Cl)ccc(Cl)c3n2)CC1. The number of aliphatic carboxylic acids is 1. The largest absolute Gasteiger partial charge is 0.480 e. The number of halogens is 2. The molecule has 0 aliphatic carbocycles. The summed E-state index contributed by atoms with van der Waals surface area (Å²) in [4.78, 5) is 19.8. The van der Waals surface area contributed by atoms with Crippen LogP contribution in [0.3, 0.4) is 0 Å². The maximum atomic E-state index is 10.9. The molecule has 1 atom stereocenters. The fraction of sp³-hybridized carbons (Fsp3) is 0.444. The molecule has 2 aromatic rings. The first-order valence-corrected chi connectivity index (χ1v) is 9.13. The Hall–Kier alpha value is -1.56. The Kier molecular flexibility index (Phi) is 5.67. The van der Waals surface area contributed by atoms with Gasteiger partial charge < -0.3 is 10.0 Å². The highest BCUT2D eigenvalue weighted by molar-refractivity contribution is 6.39. The van der Waals surface area contributed by atoms with E-state index in [1.165, 1.54) is 0 Å². The van der Waals surface area contributed by atoms with E-state index >= 15 is 0 Å². The van der Waals surface area contributed by atoms with Gasteiger partial charge in [-0.1, -0.05) is 23.2 Å². The predicted octanol–water partition coefficient (Wildman–Crippen LogP) is 3.92. The van der Waals surface area contributed by atoms with Crippen molar-refractivity contribution in [3.8, 4) is 0 Å². The minimum atomic E-state index is -0.786. The van der Waals surface area contributed by atoms with Gasteiger partial charge in [0.25, 0.3) is 0 Å². The minimum Gasteiger partial charge on any atom is -0.480 e. The van der Waals surface area contributed by atoms with Crippen LogP contribution in [0.4, 0.5) is 5.82 Å². The molecule has 25 heavy (non-hydrogen) atoms. The van der Waals surface area contributed by atoms with E-state index in [0.29, 0.717) is 10.0 Å². The summed E-state index contributed by atoms with van der Waals surface area (Å²) in [6.07, 6.45) is 2.89. The molecule has 0 bridgehead atoms. The maximum absolute atomic E-state index is 10.9. The van der Waals surface area contributed by atoms with Gasteiger partial charge in [0.15, 0.2) is 0 Å². The van der Waals surface area contributed by atoms with E-state index in [1.807, 2.05) is 24.1 Å². The zero-order valence-electron chi connectivity index (χ0n) is 14.1. The number of aromatic nitrogens is 1. The summed E-state index contributed by atoms with van der Waals surface area (Å²) >= 11 is 12.5. The lowest BCUT2D eigenvalue weighted by molar-refractivity contribution is -0.138. The van der Waals surface area contributed by atoms with Crippen molar-refractivity contribution in [2.75, 3.05) is 31.6 Å². The fourth-order valence-corrected chi connectivity index (χ4v) is 3.83. The summed E-state index contributed by atoms with van der Waals surface area (Å²) in [5.41, 5.74) is 0.718. The van der Waals surface area contributed by atoms with Crippen LogP contribution in [0, 0.1) is 0 Å². The van der Waals surface area contributed by atoms with Crippen LogP contribution >= 0.6 is 23.2 Å². The molecule has 1 fully saturated rings. The molecule has 5 nitrogen and oxygen atoms in total. The molecule has 0 radical (unpaired) electrons. The number of nitrogens with zero attached hydrogens (tertiary/aromatic N) is 3. The highest BCUT2D eigenvalue weighted by Gasteiger charge is 2.22. The summed E-state index contributed by atoms with van der Waals surface area (Å²) in [5, 5.41) is 11.1. The van der Waals surface area contributed by atoms with Gasteiger partial charge in [0.1, 0.15) is 5.82 Å². The zero-order valence-corrected chi connectivity index (χ0v) is 15.6. The van der Waals surface area contributed by atoms with Crippen molar-refractivity contribution in [3.05, 3.63) is 34.3 Å². The van der Waals surface area contributed by atoms with Crippen LogP contribution < -0.4 is 4.90 Å². The average Bonchev–Trinajstić information content (AvgIpc) is 2.83. The number of carbonyl (C=O) groups is 1. The van der Waals surface area contributed by atoms with Gasteiger partial charge in [-0.2, -0.15) is 0 Å². The molecule has 1 unspecified atom stereocenters. The first-order chi connectivity index (χ1) is 12.0.